The van der Waals surface area contributed by atoms with Crippen LogP contribution in [0, 0.1) is 17.2 Å². The van der Waals surface area contributed by atoms with Crippen LogP contribution in [0.25, 0.3) is 11.0 Å². The molecule has 2 heterocycles. The number of carbonyl (C=O) groups excluding carboxylic acids is 2. The van der Waals surface area contributed by atoms with Crippen LogP contribution in [0.1, 0.15) is 36.4 Å². The highest BCUT2D eigenvalue weighted by Crippen LogP contribution is 2.25. The van der Waals surface area contributed by atoms with E-state index in [1.807, 2.05) is 50.2 Å². The number of furan rings is 1. The summed E-state index contributed by atoms with van der Waals surface area (Å²) in [5.74, 6) is -0.614. The minimum Gasteiger partial charge on any atom is -0.492 e. The molecule has 41 heavy (non-hydrogen) atoms. The number of carbonyl (C=O) groups is 2. The Labute approximate surface area is 240 Å². The van der Waals surface area contributed by atoms with Gasteiger partial charge in [-0.1, -0.05) is 44.2 Å². The van der Waals surface area contributed by atoms with Crippen LogP contribution in [-0.4, -0.2) is 75.0 Å². The SMILES string of the molecule is CC(C)C[C@H](OC(=O)c1cc2cc(OCCN3CCOCC3)ccc2o1)C(=O)N[C@H](C#N)COCc1ccccc1. The molecule has 1 aromatic heterocycles. The van der Waals surface area contributed by atoms with Gasteiger partial charge in [-0.15, -0.1) is 0 Å². The average Bonchev–Trinajstić information content (AvgIpc) is 3.41. The van der Waals surface area contributed by atoms with Crippen LogP contribution >= 0.6 is 0 Å². The molecule has 1 aliphatic heterocycles. The molecule has 0 bridgehead atoms. The summed E-state index contributed by atoms with van der Waals surface area (Å²) in [4.78, 5) is 28.3. The van der Waals surface area contributed by atoms with E-state index in [1.54, 1.807) is 24.3 Å². The van der Waals surface area contributed by atoms with Gasteiger partial charge in [0.05, 0.1) is 32.5 Å². The van der Waals surface area contributed by atoms with Crippen LogP contribution in [0.2, 0.25) is 0 Å². The first kappa shape index (κ1) is 30.1. The lowest BCUT2D eigenvalue weighted by Gasteiger charge is -2.26. The second-order valence-corrected chi connectivity index (χ2v) is 10.3. The summed E-state index contributed by atoms with van der Waals surface area (Å²) < 4.78 is 28.2. The average molecular weight is 564 g/mol. The summed E-state index contributed by atoms with van der Waals surface area (Å²) in [7, 11) is 0. The summed E-state index contributed by atoms with van der Waals surface area (Å²) >= 11 is 0. The fourth-order valence-corrected chi connectivity index (χ4v) is 4.40. The third-order valence-electron chi connectivity index (χ3n) is 6.56. The van der Waals surface area contributed by atoms with Gasteiger partial charge in [0.2, 0.25) is 5.76 Å². The fourth-order valence-electron chi connectivity index (χ4n) is 4.40. The largest absolute Gasteiger partial charge is 0.492 e. The lowest BCUT2D eigenvalue weighted by Crippen LogP contribution is -2.45. The summed E-state index contributed by atoms with van der Waals surface area (Å²) in [6.45, 7) is 8.74. The maximum Gasteiger partial charge on any atom is 0.375 e. The van der Waals surface area contributed by atoms with Crippen molar-refractivity contribution in [1.29, 1.82) is 5.26 Å². The Morgan fingerprint density at radius 3 is 2.61 bits per heavy atom. The summed E-state index contributed by atoms with van der Waals surface area (Å²) in [6.07, 6.45) is -0.818. The lowest BCUT2D eigenvalue weighted by atomic mass is 10.0. The second kappa shape index (κ2) is 15.2. The molecule has 0 unspecified atom stereocenters. The molecular weight excluding hydrogens is 526 g/mol. The van der Waals surface area contributed by atoms with Gasteiger partial charge in [-0.2, -0.15) is 5.26 Å². The van der Waals surface area contributed by atoms with Gasteiger partial charge in [0.1, 0.15) is 24.0 Å². The molecule has 4 rings (SSSR count). The van der Waals surface area contributed by atoms with Crippen molar-refractivity contribution >= 4 is 22.8 Å². The first-order valence-electron chi connectivity index (χ1n) is 13.9. The number of ether oxygens (including phenoxy) is 4. The minimum absolute atomic E-state index is 0.0000955. The highest BCUT2D eigenvalue weighted by atomic mass is 16.6. The van der Waals surface area contributed by atoms with Crippen molar-refractivity contribution in [2.45, 2.75) is 39.0 Å². The summed E-state index contributed by atoms with van der Waals surface area (Å²) in [5, 5.41) is 12.9. The van der Waals surface area contributed by atoms with E-state index in [4.69, 9.17) is 23.4 Å². The normalized spacial score (nSPS) is 15.3. The van der Waals surface area contributed by atoms with E-state index >= 15 is 0 Å². The molecule has 218 valence electrons. The number of nitrogens with one attached hydrogen (secondary N) is 1. The lowest BCUT2D eigenvalue weighted by molar-refractivity contribution is -0.131. The Bertz CT molecular complexity index is 1310. The number of fused-ring (bicyclic) bond motifs is 1. The van der Waals surface area contributed by atoms with Gasteiger partial charge in [-0.05, 0) is 42.2 Å². The van der Waals surface area contributed by atoms with Crippen LogP contribution in [0.5, 0.6) is 5.75 Å². The number of amides is 1. The van der Waals surface area contributed by atoms with Crippen LogP contribution in [0.15, 0.2) is 59.0 Å². The standard InChI is InChI=1S/C31H37N3O7/c1-22(2)16-28(30(35)33-25(19-32)21-38-20-23-6-4-3-5-7-23)41-31(36)29-18-24-17-26(8-9-27(24)40-29)39-15-12-34-10-13-37-14-11-34/h3-9,17-18,22,25,28H,10-16,20-21H2,1-2H3,(H,33,35)/t25-,28+/m1/s1. The number of nitrogens with zero attached hydrogens (tertiary/aromatic N) is 2. The first-order valence-corrected chi connectivity index (χ1v) is 13.9. The minimum atomic E-state index is -1.10. The molecule has 2 aromatic carbocycles. The molecule has 0 saturated carbocycles. The molecule has 1 amide bonds. The van der Waals surface area contributed by atoms with Crippen LogP contribution in [0.4, 0.5) is 0 Å². The maximum absolute atomic E-state index is 13.0. The van der Waals surface area contributed by atoms with Crippen LogP contribution in [0.3, 0.4) is 0 Å². The van der Waals surface area contributed by atoms with E-state index in [0.717, 1.165) is 38.4 Å². The van der Waals surface area contributed by atoms with Crippen molar-refractivity contribution in [3.05, 3.63) is 65.9 Å². The van der Waals surface area contributed by atoms with Gasteiger partial charge in [-0.3, -0.25) is 9.69 Å². The molecule has 0 spiro atoms. The molecule has 1 aliphatic rings. The maximum atomic E-state index is 13.0. The highest BCUT2D eigenvalue weighted by Gasteiger charge is 2.28. The van der Waals surface area contributed by atoms with E-state index in [2.05, 4.69) is 10.2 Å². The molecule has 2 atom stereocenters. The van der Waals surface area contributed by atoms with Gasteiger partial charge in [0.25, 0.3) is 5.91 Å². The molecule has 10 heteroatoms. The molecule has 1 N–H and O–H groups in total. The third kappa shape index (κ3) is 9.32. The molecule has 0 radical (unpaired) electrons. The monoisotopic (exact) mass is 563 g/mol. The number of rotatable bonds is 14. The smallest absolute Gasteiger partial charge is 0.375 e. The zero-order valence-electron chi connectivity index (χ0n) is 23.5. The van der Waals surface area contributed by atoms with Gasteiger partial charge in [0, 0.05) is 25.0 Å². The van der Waals surface area contributed by atoms with Crippen LogP contribution < -0.4 is 10.1 Å². The van der Waals surface area contributed by atoms with Gasteiger partial charge in [-0.25, -0.2) is 4.79 Å². The van der Waals surface area contributed by atoms with Crippen molar-refractivity contribution < 1.29 is 33.0 Å². The number of hydrogen-bond acceptors (Lipinski definition) is 9. The Hall–Kier alpha value is -3.91. The topological polar surface area (TPSA) is 123 Å². The van der Waals surface area contributed by atoms with E-state index in [9.17, 15) is 14.9 Å². The third-order valence-corrected chi connectivity index (χ3v) is 6.56. The predicted octanol–water partition coefficient (Wildman–Crippen LogP) is 3.94. The number of benzene rings is 2. The first-order chi connectivity index (χ1) is 19.9. The predicted molar refractivity (Wildman–Crippen MR) is 151 cm³/mol. The van der Waals surface area contributed by atoms with Gasteiger partial charge >= 0.3 is 5.97 Å². The van der Waals surface area contributed by atoms with E-state index in [-0.39, 0.29) is 24.7 Å². The quantitative estimate of drug-likeness (QED) is 0.291. The van der Waals surface area contributed by atoms with Crippen molar-refractivity contribution in [2.75, 3.05) is 46.1 Å². The Morgan fingerprint density at radius 2 is 1.88 bits per heavy atom. The second-order valence-electron chi connectivity index (χ2n) is 10.3. The fraction of sp³-hybridized carbons (Fsp3) is 0.452. The van der Waals surface area contributed by atoms with Crippen molar-refractivity contribution in [2.24, 2.45) is 5.92 Å². The molecule has 10 nitrogen and oxygen atoms in total. The number of nitriles is 1. The summed E-state index contributed by atoms with van der Waals surface area (Å²) in [5.41, 5.74) is 1.46. The van der Waals surface area contributed by atoms with Gasteiger partial charge in [0.15, 0.2) is 6.10 Å². The van der Waals surface area contributed by atoms with Crippen molar-refractivity contribution in [1.82, 2.24) is 10.2 Å². The molecular formula is C31H37N3O7. The molecule has 1 saturated heterocycles. The van der Waals surface area contributed by atoms with E-state index in [0.29, 0.717) is 29.9 Å². The van der Waals surface area contributed by atoms with Crippen LogP contribution in [-0.2, 0) is 25.6 Å². The van der Waals surface area contributed by atoms with E-state index < -0.39 is 24.0 Å². The van der Waals surface area contributed by atoms with Crippen molar-refractivity contribution in [3.63, 3.8) is 0 Å². The Morgan fingerprint density at radius 1 is 1.10 bits per heavy atom. The Balaban J connectivity index is 1.32. The highest BCUT2D eigenvalue weighted by molar-refractivity contribution is 5.94. The molecule has 3 aromatic rings. The zero-order chi connectivity index (χ0) is 29.0. The van der Waals surface area contributed by atoms with Crippen molar-refractivity contribution in [3.8, 4) is 11.8 Å². The molecule has 0 aliphatic carbocycles. The molecule has 1 fully saturated rings. The number of morpholine rings is 1. The zero-order valence-corrected chi connectivity index (χ0v) is 23.5. The van der Waals surface area contributed by atoms with Gasteiger partial charge < -0.3 is 28.7 Å². The Kier molecular flexibility index (Phi) is 11.1. The number of hydrogen-bond donors (Lipinski definition) is 1. The number of esters is 1. The van der Waals surface area contributed by atoms with E-state index in [1.165, 1.54) is 0 Å². The summed E-state index contributed by atoms with van der Waals surface area (Å²) in [6, 6.07) is 17.6.